The predicted molar refractivity (Wildman–Crippen MR) is 91.4 cm³/mol. The van der Waals surface area contributed by atoms with E-state index in [2.05, 4.69) is 49.3 Å². The Morgan fingerprint density at radius 3 is 2.90 bits per heavy atom. The summed E-state index contributed by atoms with van der Waals surface area (Å²) in [5, 5.41) is 3.43. The van der Waals surface area contributed by atoms with Gasteiger partial charge in [0.15, 0.2) is 0 Å². The van der Waals surface area contributed by atoms with Gasteiger partial charge in [-0.1, -0.05) is 15.9 Å². The van der Waals surface area contributed by atoms with Crippen molar-refractivity contribution in [3.8, 4) is 11.5 Å². The molecule has 1 N–H and O–H groups in total. The first-order valence-corrected chi connectivity index (χ1v) is 8.27. The van der Waals surface area contributed by atoms with Gasteiger partial charge in [0.1, 0.15) is 11.5 Å². The third-order valence-corrected chi connectivity index (χ3v) is 4.62. The molecule has 0 unspecified atom stereocenters. The zero-order valence-electron chi connectivity index (χ0n) is 11.6. The lowest BCUT2D eigenvalue weighted by Gasteiger charge is -2.13. The molecule has 0 amide bonds. The number of hydrogen-bond donors (Lipinski definition) is 1. The van der Waals surface area contributed by atoms with Crippen LogP contribution in [0.15, 0.2) is 39.3 Å². The molecule has 0 spiro atoms. The number of methoxy groups -OCH3 is 1. The van der Waals surface area contributed by atoms with Crippen LogP contribution >= 0.6 is 31.9 Å². The largest absolute Gasteiger partial charge is 0.497 e. The summed E-state index contributed by atoms with van der Waals surface area (Å²) in [5.74, 6) is 1.85. The number of fused-ring (bicyclic) bond motifs is 1. The zero-order valence-corrected chi connectivity index (χ0v) is 14.8. The molecule has 0 aliphatic carbocycles. The van der Waals surface area contributed by atoms with E-state index >= 15 is 0 Å². The molecule has 1 aliphatic rings. The van der Waals surface area contributed by atoms with Crippen molar-refractivity contribution in [2.45, 2.75) is 13.0 Å². The average molecular weight is 413 g/mol. The molecular formula is C16H15Br2NO2. The summed E-state index contributed by atoms with van der Waals surface area (Å²) >= 11 is 7.12. The van der Waals surface area contributed by atoms with Gasteiger partial charge < -0.3 is 14.8 Å². The van der Waals surface area contributed by atoms with E-state index < -0.39 is 0 Å². The van der Waals surface area contributed by atoms with Crippen LogP contribution in [0.2, 0.25) is 0 Å². The minimum Gasteiger partial charge on any atom is -0.497 e. The lowest BCUT2D eigenvalue weighted by molar-refractivity contribution is 0.354. The summed E-state index contributed by atoms with van der Waals surface area (Å²) in [5.41, 5.74) is 3.43. The Hall–Kier alpha value is -1.20. The van der Waals surface area contributed by atoms with E-state index in [1.165, 1.54) is 5.56 Å². The summed E-state index contributed by atoms with van der Waals surface area (Å²) < 4.78 is 13.1. The number of anilines is 1. The van der Waals surface area contributed by atoms with Crippen molar-refractivity contribution in [1.29, 1.82) is 0 Å². The van der Waals surface area contributed by atoms with E-state index in [1.807, 2.05) is 18.2 Å². The third-order valence-electron chi connectivity index (χ3n) is 3.47. The van der Waals surface area contributed by atoms with Crippen LogP contribution in [-0.4, -0.2) is 13.7 Å². The first-order valence-electron chi connectivity index (χ1n) is 6.69. The Morgan fingerprint density at radius 2 is 2.10 bits per heavy atom. The molecule has 110 valence electrons. The molecule has 3 nitrogen and oxygen atoms in total. The molecule has 5 heteroatoms. The van der Waals surface area contributed by atoms with Crippen LogP contribution in [0.1, 0.15) is 11.1 Å². The van der Waals surface area contributed by atoms with E-state index in [1.54, 1.807) is 7.11 Å². The molecule has 2 aromatic rings. The number of nitrogens with one attached hydrogen (secondary N) is 1. The number of hydrogen-bond acceptors (Lipinski definition) is 3. The molecule has 0 bridgehead atoms. The summed E-state index contributed by atoms with van der Waals surface area (Å²) in [6.07, 6.45) is 0.977. The second kappa shape index (κ2) is 6.28. The fraction of sp³-hybridized carbons (Fsp3) is 0.250. The molecule has 3 rings (SSSR count). The maximum Gasteiger partial charge on any atom is 0.127 e. The summed E-state index contributed by atoms with van der Waals surface area (Å²) in [7, 11) is 1.67. The Kier molecular flexibility index (Phi) is 4.40. The number of ether oxygens (including phenoxy) is 2. The number of benzene rings is 2. The van der Waals surface area contributed by atoms with E-state index in [0.717, 1.165) is 44.7 Å². The van der Waals surface area contributed by atoms with Gasteiger partial charge >= 0.3 is 0 Å². The Labute approximate surface area is 140 Å². The van der Waals surface area contributed by atoms with Crippen LogP contribution in [0.25, 0.3) is 0 Å². The van der Waals surface area contributed by atoms with Crippen molar-refractivity contribution in [3.63, 3.8) is 0 Å². The standard InChI is InChI=1S/C16H15Br2NO2/c1-20-13-2-3-14(18)15(8-13)19-9-11-7-12(17)6-10-4-5-21-16(10)11/h2-3,6-8,19H,4-5,9H2,1H3. The SMILES string of the molecule is COc1ccc(Br)c(NCc2cc(Br)cc3c2OCC3)c1. The molecule has 1 aliphatic heterocycles. The van der Waals surface area contributed by atoms with Crippen LogP contribution in [0.3, 0.4) is 0 Å². The fourth-order valence-corrected chi connectivity index (χ4v) is 3.37. The van der Waals surface area contributed by atoms with Gasteiger partial charge in [-0.15, -0.1) is 0 Å². The molecule has 0 aromatic heterocycles. The predicted octanol–water partition coefficient (Wildman–Crippen LogP) is 4.77. The molecule has 21 heavy (non-hydrogen) atoms. The van der Waals surface area contributed by atoms with Crippen molar-refractivity contribution in [2.24, 2.45) is 0 Å². The molecule has 0 fully saturated rings. The molecular weight excluding hydrogens is 398 g/mol. The summed E-state index contributed by atoms with van der Waals surface area (Å²) in [6.45, 7) is 1.47. The molecule has 0 atom stereocenters. The van der Waals surface area contributed by atoms with Gasteiger partial charge in [0.25, 0.3) is 0 Å². The van der Waals surface area contributed by atoms with Crippen molar-refractivity contribution < 1.29 is 9.47 Å². The second-order valence-corrected chi connectivity index (χ2v) is 6.62. The van der Waals surface area contributed by atoms with Crippen LogP contribution < -0.4 is 14.8 Å². The lowest BCUT2D eigenvalue weighted by atomic mass is 10.1. The fourth-order valence-electron chi connectivity index (χ4n) is 2.43. The first kappa shape index (κ1) is 14.7. The van der Waals surface area contributed by atoms with Crippen LogP contribution in [0.5, 0.6) is 11.5 Å². The minimum absolute atomic E-state index is 0.702. The summed E-state index contributed by atoms with van der Waals surface area (Å²) in [4.78, 5) is 0. The van der Waals surface area contributed by atoms with E-state index in [-0.39, 0.29) is 0 Å². The monoisotopic (exact) mass is 411 g/mol. The maximum atomic E-state index is 5.75. The molecule has 2 aromatic carbocycles. The van der Waals surface area contributed by atoms with Gasteiger partial charge in [-0.25, -0.2) is 0 Å². The topological polar surface area (TPSA) is 30.5 Å². The van der Waals surface area contributed by atoms with Crippen molar-refractivity contribution >= 4 is 37.5 Å². The van der Waals surface area contributed by atoms with Gasteiger partial charge in [-0.2, -0.15) is 0 Å². The molecule has 1 heterocycles. The third kappa shape index (κ3) is 3.19. The van der Waals surface area contributed by atoms with Crippen LogP contribution in [0, 0.1) is 0 Å². The van der Waals surface area contributed by atoms with Gasteiger partial charge in [0, 0.05) is 33.5 Å². The van der Waals surface area contributed by atoms with Crippen LogP contribution in [-0.2, 0) is 13.0 Å². The van der Waals surface area contributed by atoms with E-state index in [9.17, 15) is 0 Å². The van der Waals surface area contributed by atoms with Gasteiger partial charge in [0.2, 0.25) is 0 Å². The van der Waals surface area contributed by atoms with Crippen molar-refractivity contribution in [3.05, 3.63) is 50.4 Å². The second-order valence-electron chi connectivity index (χ2n) is 4.85. The highest BCUT2D eigenvalue weighted by molar-refractivity contribution is 9.10. The zero-order chi connectivity index (χ0) is 14.8. The number of halogens is 2. The molecule has 0 saturated heterocycles. The maximum absolute atomic E-state index is 5.75. The van der Waals surface area contributed by atoms with E-state index in [0.29, 0.717) is 6.54 Å². The van der Waals surface area contributed by atoms with E-state index in [4.69, 9.17) is 9.47 Å². The Morgan fingerprint density at radius 1 is 1.24 bits per heavy atom. The highest BCUT2D eigenvalue weighted by Gasteiger charge is 2.17. The highest BCUT2D eigenvalue weighted by Crippen LogP contribution is 2.34. The lowest BCUT2D eigenvalue weighted by Crippen LogP contribution is -2.02. The van der Waals surface area contributed by atoms with Crippen molar-refractivity contribution in [1.82, 2.24) is 0 Å². The Balaban J connectivity index is 1.82. The normalized spacial score (nSPS) is 12.7. The van der Waals surface area contributed by atoms with Crippen LogP contribution in [0.4, 0.5) is 5.69 Å². The minimum atomic E-state index is 0.702. The Bertz CT molecular complexity index is 674. The average Bonchev–Trinajstić information content (AvgIpc) is 2.94. The molecule has 0 radical (unpaired) electrons. The van der Waals surface area contributed by atoms with Gasteiger partial charge in [0.05, 0.1) is 19.4 Å². The smallest absolute Gasteiger partial charge is 0.127 e. The van der Waals surface area contributed by atoms with Crippen molar-refractivity contribution in [2.75, 3.05) is 19.0 Å². The summed E-state index contributed by atoms with van der Waals surface area (Å²) in [6, 6.07) is 10.1. The highest BCUT2D eigenvalue weighted by atomic mass is 79.9. The molecule has 0 saturated carbocycles. The quantitative estimate of drug-likeness (QED) is 0.784. The first-order chi connectivity index (χ1) is 10.2. The van der Waals surface area contributed by atoms with Gasteiger partial charge in [-0.05, 0) is 45.8 Å². The number of rotatable bonds is 4. The van der Waals surface area contributed by atoms with Gasteiger partial charge in [-0.3, -0.25) is 0 Å².